The number of rotatable bonds is 8. The molecule has 2 atom stereocenters. The van der Waals surface area contributed by atoms with Gasteiger partial charge < -0.3 is 10.2 Å². The summed E-state index contributed by atoms with van der Waals surface area (Å²) in [5.74, 6) is 0. The molecule has 0 radical (unpaired) electrons. The first-order valence-electron chi connectivity index (χ1n) is 6.24. The summed E-state index contributed by atoms with van der Waals surface area (Å²) >= 11 is 0. The highest BCUT2D eigenvalue weighted by atomic mass is 28.3. The van der Waals surface area contributed by atoms with Gasteiger partial charge in [-0.25, -0.2) is 0 Å². The molecule has 0 aliphatic rings. The summed E-state index contributed by atoms with van der Waals surface area (Å²) < 4.78 is 0. The molecule has 0 bridgehead atoms. The van der Waals surface area contributed by atoms with Crippen LogP contribution >= 0.6 is 0 Å². The Hall–Kier alpha value is 0.137. The number of aliphatic hydroxyl groups is 2. The van der Waals surface area contributed by atoms with Crippen LogP contribution in [-0.2, 0) is 0 Å². The molecule has 0 aromatic heterocycles. The van der Waals surface area contributed by atoms with Gasteiger partial charge in [-0.3, -0.25) is 0 Å². The van der Waals surface area contributed by atoms with Crippen LogP contribution in [0, 0.1) is 0 Å². The Bertz CT molecular complexity index is 154. The minimum atomic E-state index is -1.48. The van der Waals surface area contributed by atoms with E-state index in [2.05, 4.69) is 26.6 Å². The van der Waals surface area contributed by atoms with E-state index in [0.29, 0.717) is 6.42 Å². The van der Waals surface area contributed by atoms with Gasteiger partial charge in [-0.15, -0.1) is 0 Å². The lowest BCUT2D eigenvalue weighted by Crippen LogP contribution is -2.40. The molecule has 0 aromatic carbocycles. The van der Waals surface area contributed by atoms with E-state index in [0.717, 1.165) is 12.8 Å². The van der Waals surface area contributed by atoms with Gasteiger partial charge >= 0.3 is 0 Å². The first kappa shape index (κ1) is 15.1. The molecule has 92 valence electrons. The molecule has 2 nitrogen and oxygen atoms in total. The van der Waals surface area contributed by atoms with Crippen LogP contribution in [0.1, 0.15) is 45.4 Å². The second kappa shape index (κ2) is 7.42. The van der Waals surface area contributed by atoms with Crippen molar-refractivity contribution in [3.05, 3.63) is 0 Å². The lowest BCUT2D eigenvalue weighted by atomic mass is 10.1. The Morgan fingerprint density at radius 3 is 2.07 bits per heavy atom. The smallest absolute Gasteiger partial charge is 0.0782 e. The van der Waals surface area contributed by atoms with Crippen LogP contribution in [0.15, 0.2) is 0 Å². The second-order valence-corrected chi connectivity index (χ2v) is 11.0. The minimum absolute atomic E-state index is 0.265. The van der Waals surface area contributed by atoms with Gasteiger partial charge in [0, 0.05) is 5.73 Å². The highest BCUT2D eigenvalue weighted by Gasteiger charge is 2.26. The maximum Gasteiger partial charge on any atom is 0.0782 e. The first-order chi connectivity index (χ1) is 6.88. The maximum absolute atomic E-state index is 9.86. The Balaban J connectivity index is 3.60. The van der Waals surface area contributed by atoms with Crippen molar-refractivity contribution in [1.29, 1.82) is 0 Å². The van der Waals surface area contributed by atoms with Crippen molar-refractivity contribution in [3.63, 3.8) is 0 Å². The van der Waals surface area contributed by atoms with Crippen molar-refractivity contribution >= 4 is 8.07 Å². The lowest BCUT2D eigenvalue weighted by molar-refractivity contribution is 0.104. The van der Waals surface area contributed by atoms with Crippen LogP contribution in [0.2, 0.25) is 19.6 Å². The molecule has 0 saturated heterocycles. The van der Waals surface area contributed by atoms with Crippen molar-refractivity contribution in [1.82, 2.24) is 0 Å². The fraction of sp³-hybridized carbons (Fsp3) is 1.00. The molecular formula is C12H28O2Si. The third-order valence-corrected chi connectivity index (χ3v) is 5.12. The van der Waals surface area contributed by atoms with Gasteiger partial charge in [0.05, 0.1) is 14.2 Å². The predicted octanol–water partition coefficient (Wildman–Crippen LogP) is 2.95. The van der Waals surface area contributed by atoms with Crippen molar-refractivity contribution in [2.75, 3.05) is 0 Å². The molecule has 0 aromatic rings. The molecule has 0 saturated carbocycles. The van der Waals surface area contributed by atoms with Crippen LogP contribution in [0.4, 0.5) is 0 Å². The van der Waals surface area contributed by atoms with E-state index in [1.54, 1.807) is 0 Å². The zero-order valence-corrected chi connectivity index (χ0v) is 11.8. The molecular weight excluding hydrogens is 204 g/mol. The van der Waals surface area contributed by atoms with Crippen molar-refractivity contribution in [3.8, 4) is 0 Å². The van der Waals surface area contributed by atoms with Crippen LogP contribution in [0.5, 0.6) is 0 Å². The molecule has 0 rings (SSSR count). The summed E-state index contributed by atoms with van der Waals surface area (Å²) in [7, 11) is -1.48. The van der Waals surface area contributed by atoms with Crippen LogP contribution < -0.4 is 0 Å². The first-order valence-corrected chi connectivity index (χ1v) is 9.81. The molecule has 0 amide bonds. The van der Waals surface area contributed by atoms with E-state index in [1.165, 1.54) is 19.3 Å². The lowest BCUT2D eigenvalue weighted by Gasteiger charge is -2.25. The summed E-state index contributed by atoms with van der Waals surface area (Å²) in [5, 5.41) is 19.6. The topological polar surface area (TPSA) is 40.5 Å². The van der Waals surface area contributed by atoms with Crippen LogP contribution in [-0.4, -0.2) is 30.1 Å². The van der Waals surface area contributed by atoms with Gasteiger partial charge in [-0.2, -0.15) is 0 Å². The van der Waals surface area contributed by atoms with Crippen molar-refractivity contribution < 1.29 is 10.2 Å². The van der Waals surface area contributed by atoms with Crippen LogP contribution in [0.25, 0.3) is 0 Å². The van der Waals surface area contributed by atoms with Crippen molar-refractivity contribution in [2.24, 2.45) is 0 Å². The average molecular weight is 232 g/mol. The second-order valence-electron chi connectivity index (χ2n) is 5.62. The molecule has 0 spiro atoms. The van der Waals surface area contributed by atoms with Gasteiger partial charge in [0.2, 0.25) is 0 Å². The molecule has 2 unspecified atom stereocenters. The van der Waals surface area contributed by atoms with E-state index in [4.69, 9.17) is 0 Å². The monoisotopic (exact) mass is 232 g/mol. The highest BCUT2D eigenvalue weighted by molar-refractivity contribution is 6.77. The Morgan fingerprint density at radius 2 is 1.60 bits per heavy atom. The molecule has 0 aliphatic heterocycles. The predicted molar refractivity (Wildman–Crippen MR) is 68.7 cm³/mol. The van der Waals surface area contributed by atoms with Gasteiger partial charge in [-0.05, 0) is 12.8 Å². The quantitative estimate of drug-likeness (QED) is 0.499. The normalized spacial score (nSPS) is 16.4. The molecule has 0 fully saturated rings. The van der Waals surface area contributed by atoms with Gasteiger partial charge in [0.1, 0.15) is 0 Å². The molecule has 0 heterocycles. The van der Waals surface area contributed by atoms with Gasteiger partial charge in [0.15, 0.2) is 0 Å². The summed E-state index contributed by atoms with van der Waals surface area (Å²) in [6, 6.07) is 0. The van der Waals surface area contributed by atoms with E-state index < -0.39 is 8.07 Å². The number of unbranched alkanes of at least 4 members (excludes halogenated alkanes) is 3. The molecule has 15 heavy (non-hydrogen) atoms. The largest absolute Gasteiger partial charge is 0.396 e. The Morgan fingerprint density at radius 1 is 1.00 bits per heavy atom. The van der Waals surface area contributed by atoms with Gasteiger partial charge in [0.25, 0.3) is 0 Å². The Kier molecular flexibility index (Phi) is 7.48. The summed E-state index contributed by atoms with van der Waals surface area (Å²) in [6.45, 7) is 8.61. The number of hydrogen-bond acceptors (Lipinski definition) is 2. The minimum Gasteiger partial charge on any atom is -0.396 e. The standard InChI is InChI=1S/C12H28O2Si/c1-5-6-7-8-9-11(13)10-12(14)15(2,3)4/h11-14H,5-10H2,1-4H3. The molecule has 3 heteroatoms. The fourth-order valence-electron chi connectivity index (χ4n) is 1.54. The fourth-order valence-corrected chi connectivity index (χ4v) is 2.52. The van der Waals surface area contributed by atoms with E-state index in [-0.39, 0.29) is 11.8 Å². The van der Waals surface area contributed by atoms with E-state index in [1.807, 2.05) is 0 Å². The van der Waals surface area contributed by atoms with Gasteiger partial charge in [-0.1, -0.05) is 52.2 Å². The maximum atomic E-state index is 9.86. The third kappa shape index (κ3) is 8.00. The van der Waals surface area contributed by atoms with E-state index >= 15 is 0 Å². The third-order valence-electron chi connectivity index (χ3n) is 2.89. The molecule has 2 N–H and O–H groups in total. The molecule has 0 aliphatic carbocycles. The number of aliphatic hydroxyl groups excluding tert-OH is 2. The average Bonchev–Trinajstić information content (AvgIpc) is 2.11. The summed E-state index contributed by atoms with van der Waals surface area (Å²) in [4.78, 5) is 0. The van der Waals surface area contributed by atoms with E-state index in [9.17, 15) is 10.2 Å². The zero-order chi connectivity index (χ0) is 11.9. The zero-order valence-electron chi connectivity index (χ0n) is 10.8. The van der Waals surface area contributed by atoms with Crippen LogP contribution in [0.3, 0.4) is 0 Å². The summed E-state index contributed by atoms with van der Waals surface area (Å²) in [5.41, 5.74) is -0.265. The Labute approximate surface area is 95.7 Å². The van der Waals surface area contributed by atoms with Crippen molar-refractivity contribution in [2.45, 2.75) is 76.9 Å². The summed E-state index contributed by atoms with van der Waals surface area (Å²) in [6.07, 6.45) is 5.90. The highest BCUT2D eigenvalue weighted by Crippen LogP contribution is 2.16. The SMILES string of the molecule is CCCCCCC(O)CC(O)[Si](C)(C)C. The number of hydrogen-bond donors (Lipinski definition) is 2.